The molecule has 6 bridgehead atoms. The van der Waals surface area contributed by atoms with Crippen molar-refractivity contribution in [1.29, 1.82) is 0 Å². The summed E-state index contributed by atoms with van der Waals surface area (Å²) in [5, 5.41) is 92.7. The van der Waals surface area contributed by atoms with Crippen molar-refractivity contribution in [2.24, 2.45) is 64.1 Å². The van der Waals surface area contributed by atoms with E-state index in [0.29, 0.717) is 103 Å². The first-order chi connectivity index (χ1) is 46.0. The average molecular weight is 1550 g/mol. The van der Waals surface area contributed by atoms with Crippen LogP contribution >= 0.6 is 35.7 Å². The van der Waals surface area contributed by atoms with E-state index in [2.05, 4.69) is 55.4 Å². The molecule has 0 aromatic heterocycles. The molecule has 4 aromatic rings. The van der Waals surface area contributed by atoms with Crippen LogP contribution in [0.25, 0.3) is 0 Å². The molecule has 99 heavy (non-hydrogen) atoms. The van der Waals surface area contributed by atoms with Crippen LogP contribution in [0.2, 0.25) is 0 Å². The van der Waals surface area contributed by atoms with Crippen LogP contribution in [-0.2, 0) is 28.8 Å². The normalized spacial score (nSPS) is 32.7. The van der Waals surface area contributed by atoms with Gasteiger partial charge in [-0.1, -0.05) is 27.7 Å². The van der Waals surface area contributed by atoms with Gasteiger partial charge in [-0.2, -0.15) is 0 Å². The van der Waals surface area contributed by atoms with E-state index in [9.17, 15) is 74.7 Å². The van der Waals surface area contributed by atoms with E-state index >= 15 is 0 Å². The van der Waals surface area contributed by atoms with Crippen molar-refractivity contribution in [1.82, 2.24) is 0 Å². The van der Waals surface area contributed by atoms with E-state index in [4.69, 9.17) is 49.9 Å². The monoisotopic (exact) mass is 1550 g/mol. The van der Waals surface area contributed by atoms with Gasteiger partial charge in [-0.05, 0) is 115 Å². The van der Waals surface area contributed by atoms with E-state index < -0.39 is 30.7 Å². The molecule has 15 aliphatic rings. The van der Waals surface area contributed by atoms with Crippen LogP contribution in [0.4, 0.5) is 0 Å². The van der Waals surface area contributed by atoms with Gasteiger partial charge in [-0.15, -0.1) is 0 Å². The zero-order valence-electron chi connectivity index (χ0n) is 57.6. The van der Waals surface area contributed by atoms with E-state index in [-0.39, 0.29) is 180 Å². The summed E-state index contributed by atoms with van der Waals surface area (Å²) in [6.45, 7) is 20.6. The van der Waals surface area contributed by atoms with E-state index in [1.165, 1.54) is 30.3 Å². The molecule has 23 heteroatoms. The summed E-state index contributed by atoms with van der Waals surface area (Å²) in [4.78, 5) is 73.3. The molecule has 19 rings (SSSR count). The van der Waals surface area contributed by atoms with Gasteiger partial charge in [0.05, 0.1) is 0 Å². The molecule has 9 N–H and O–H groups in total. The first kappa shape index (κ1) is 73.2. The second-order valence-electron chi connectivity index (χ2n) is 33.1. The molecule has 4 aromatic carbocycles. The topological polar surface area (TPSA) is 312 Å². The van der Waals surface area contributed by atoms with Crippen LogP contribution in [-0.4, -0.2) is 111 Å². The fourth-order valence-electron chi connectivity index (χ4n) is 20.6. The molecule has 3 aliphatic heterocycles. The van der Waals surface area contributed by atoms with Gasteiger partial charge in [-0.25, -0.2) is 0 Å². The molecule has 12 aliphatic carbocycles. The van der Waals surface area contributed by atoms with Gasteiger partial charge in [0.15, 0.2) is 0 Å². The molecule has 0 saturated heterocycles. The van der Waals surface area contributed by atoms with Gasteiger partial charge < -0.3 is 60.2 Å². The molecule has 0 radical (unpaired) electrons. The van der Waals surface area contributed by atoms with Gasteiger partial charge in [0.2, 0.25) is 0 Å². The quantitative estimate of drug-likeness (QED) is 0.0861. The van der Waals surface area contributed by atoms with Gasteiger partial charge in [-0.3, -0.25) is 28.8 Å². The van der Waals surface area contributed by atoms with Crippen molar-refractivity contribution in [3.05, 3.63) is 69.8 Å². The number of Topliss-reactive ketones (excluding diaryl/α,β-unsaturated/α-hetero) is 6. The maximum absolute atomic E-state index is 12.6. The number of phenols is 9. The summed E-state index contributed by atoms with van der Waals surface area (Å²) in [5.74, 6) is 3.39. The van der Waals surface area contributed by atoms with Crippen LogP contribution in [0.3, 0.4) is 0 Å². The van der Waals surface area contributed by atoms with E-state index in [1.807, 2.05) is 19.9 Å². The van der Waals surface area contributed by atoms with Gasteiger partial charge >= 0.3 is 49.6 Å². The Balaban J connectivity index is 0.000000125. The van der Waals surface area contributed by atoms with Gasteiger partial charge in [0, 0.05) is 199 Å². The number of carbonyl (C=O) groups excluding carboxylic acids is 6. The Morgan fingerprint density at radius 2 is 0.677 bits per heavy atom. The maximum atomic E-state index is 12.6. The summed E-state index contributed by atoms with van der Waals surface area (Å²) < 4.78 is 18.7. The number of ether oxygens (including phenoxy) is 3. The van der Waals surface area contributed by atoms with Gasteiger partial charge in [0.1, 0.15) is 120 Å². The standard InChI is InChI=1S/2C24H30O5.C15H18O4.C13H14O4.4ClH.Sn/c1-23(2)12-7-14(23)16(25)5-10(12)20-18(27)9-19(28)21(22(20)29)11-6-17(26)15-8-13(11)24(15,3)4;1-23(2)16-7-5-12(25)9-14(16)20-18(28-23)11-19-21(22(20)27)15-10-13(26)6-8-17(15)24(3,4)29-19;1-15(2)11-4-3-8(16)5-10(11)14-12(18)6-9(17)7-13(14)19-15;14-8-3-11(16)13(12(17)4-8)9-5-10(15)7-1-6(9)2-7;;;;;/h9-15,27-29H,5-8H2,1-4H3;11,14-17,27H,5-10H2,1-4H3;6-7,10-11,17-18H,3-5H2,1-2H3;3-4,6-7,9,14,16-17H,1-2,5H2;4*1H;/q;;;;;;;;+4/p-4/t10-,11?,12?,13-,14+,15+;14-,15?,16-,17-;10-,11-;6?,7?,9-;;;;;/m1111...../s1. The average Bonchev–Trinajstić information content (AvgIpc) is 0.712. The van der Waals surface area contributed by atoms with E-state index in [0.717, 1.165) is 56.1 Å². The predicted octanol–water partition coefficient (Wildman–Crippen LogP) is 15.9. The Hall–Kier alpha value is -5.54. The molecule has 3 unspecified atom stereocenters. The molecule has 18 nitrogen and oxygen atoms in total. The number of hydrogen-bond donors (Lipinski definition) is 9. The number of ketones is 6. The minimum atomic E-state index is -3.29. The van der Waals surface area contributed by atoms with Crippen LogP contribution in [0.15, 0.2) is 36.4 Å². The van der Waals surface area contributed by atoms with E-state index in [1.54, 1.807) is 0 Å². The summed E-state index contributed by atoms with van der Waals surface area (Å²) in [5.41, 5.74) is 1.85. The number of benzene rings is 4. The Labute approximate surface area is 596 Å². The Bertz CT molecular complexity index is 3820. The first-order valence-corrected chi connectivity index (χ1v) is 49.4. The van der Waals surface area contributed by atoms with Crippen molar-refractivity contribution in [2.75, 3.05) is 0 Å². The van der Waals surface area contributed by atoms with Gasteiger partial charge in [0.25, 0.3) is 0 Å². The summed E-state index contributed by atoms with van der Waals surface area (Å²) in [7, 11) is 20.1. The van der Waals surface area contributed by atoms with Crippen LogP contribution in [0, 0.1) is 64.1 Å². The Morgan fingerprint density at radius 3 is 1.04 bits per heavy atom. The molecule has 536 valence electrons. The van der Waals surface area contributed by atoms with Crippen molar-refractivity contribution < 1.29 is 88.9 Å². The fourth-order valence-corrected chi connectivity index (χ4v) is 20.6. The third-order valence-electron chi connectivity index (χ3n) is 25.8. The zero-order valence-corrected chi connectivity index (χ0v) is 63.5. The summed E-state index contributed by atoms with van der Waals surface area (Å²) >= 11 is -3.29. The molecule has 0 amide bonds. The molecular weight excluding hydrogens is 1460 g/mol. The first-order valence-electron chi connectivity index (χ1n) is 34.9. The molecule has 0 spiro atoms. The fraction of sp³-hybridized carbons (Fsp3) is 0.605. The van der Waals surface area contributed by atoms with Crippen LogP contribution in [0.5, 0.6) is 69.0 Å². The van der Waals surface area contributed by atoms with Crippen LogP contribution in [0.1, 0.15) is 241 Å². The summed E-state index contributed by atoms with van der Waals surface area (Å²) in [6.07, 6.45) is 9.71. The number of halogens is 4. The number of hydrogen-bond acceptors (Lipinski definition) is 18. The number of carbonyl (C=O) groups is 6. The zero-order chi connectivity index (χ0) is 72.2. The van der Waals surface area contributed by atoms with Crippen molar-refractivity contribution in [2.45, 2.75) is 224 Å². The molecule has 12 saturated carbocycles. The number of aromatic hydroxyl groups is 9. The predicted molar refractivity (Wildman–Crippen MR) is 373 cm³/mol. The molecule has 3 heterocycles. The third kappa shape index (κ3) is 13.3. The molecule has 13 atom stereocenters. The van der Waals surface area contributed by atoms with Crippen molar-refractivity contribution in [3.8, 4) is 69.0 Å². The van der Waals surface area contributed by atoms with Crippen LogP contribution < -0.4 is 14.2 Å². The minimum absolute atomic E-state index is 0.0133. The third-order valence-corrected chi connectivity index (χ3v) is 25.8. The summed E-state index contributed by atoms with van der Waals surface area (Å²) in [6, 6.07) is 8.46. The Morgan fingerprint density at radius 1 is 0.364 bits per heavy atom. The van der Waals surface area contributed by atoms with Crippen molar-refractivity contribution >= 4 is 84.3 Å². The molecular formula is C76H92Cl4O18Sn. The Kier molecular flexibility index (Phi) is 19.2. The number of rotatable bonds is 3. The number of fused-ring (bicyclic) bond motifs is 15. The second-order valence-corrected chi connectivity index (χ2v) is 58.6. The SMILES string of the molecule is CC1(C)C2C[C@H]1C(=O)C[C@H]2c1c(O)cc(O)c(C2CC(=O)[C@@H]3C[C@H]2C3(C)C)c1O.CC1(C)Oc2cc(O)cc(O)c2[C@@H]2CC(=O)CC[C@H]21.CC1(C)Oc2cc3c(c(O)c2C2CC(=O)CC[C@H]21)[C@@H]1CC(=O)CC[C@H]1C(C)(C)O3.O=C1C[C@@H](c2c(O)cc(O)cc2O)C2CC1C2.[Cl][Sn]([Cl])([Cl])[Cl]. The van der Waals surface area contributed by atoms with Crippen molar-refractivity contribution in [3.63, 3.8) is 0 Å². The second kappa shape index (κ2) is 26.0. The molecule has 12 fully saturated rings. The number of phenolic OH excluding ortho intramolecular Hbond substituents is 9.